The molecule has 0 aliphatic rings. The molecule has 2 aromatic heterocycles. The van der Waals surface area contributed by atoms with Crippen LogP contribution in [-0.4, -0.2) is 33.1 Å². The monoisotopic (exact) mass is 539 g/mol. The summed E-state index contributed by atoms with van der Waals surface area (Å²) in [6.07, 6.45) is 1.73. The molecule has 0 saturated carbocycles. The van der Waals surface area contributed by atoms with Gasteiger partial charge < -0.3 is 15.4 Å². The summed E-state index contributed by atoms with van der Waals surface area (Å²) in [5.41, 5.74) is 12.4. The number of rotatable bonds is 10. The second-order valence-corrected chi connectivity index (χ2v) is 10.4. The highest BCUT2D eigenvalue weighted by Gasteiger charge is 2.21. The molecular formula is C31H29N3O4S. The summed E-state index contributed by atoms with van der Waals surface area (Å²) < 4.78 is 2.25. The number of fused-ring (bicyclic) bond motifs is 1. The SMILES string of the molecule is NCCCCn1c(-c2ccccc2)cc2ccc(C(=O)c3cc(CC(=O)NO)c(-c4cccc(O)c4)s3)cc21. The molecule has 5 rings (SSSR count). The lowest BCUT2D eigenvalue weighted by molar-refractivity contribution is -0.128. The van der Waals surface area contributed by atoms with Gasteiger partial charge in [0, 0.05) is 33.6 Å². The minimum atomic E-state index is -0.585. The Labute approximate surface area is 230 Å². The third kappa shape index (κ3) is 5.63. The van der Waals surface area contributed by atoms with Crippen LogP contribution in [0.15, 0.2) is 84.9 Å². The number of hydrogen-bond donors (Lipinski definition) is 4. The van der Waals surface area contributed by atoms with Gasteiger partial charge in [-0.1, -0.05) is 54.6 Å². The van der Waals surface area contributed by atoms with Crippen molar-refractivity contribution in [2.75, 3.05) is 6.54 Å². The number of phenols is 1. The molecule has 8 heteroatoms. The van der Waals surface area contributed by atoms with Gasteiger partial charge in [-0.25, -0.2) is 5.48 Å². The predicted octanol–water partition coefficient (Wildman–Crippen LogP) is 5.76. The van der Waals surface area contributed by atoms with Crippen molar-refractivity contribution in [1.29, 1.82) is 0 Å². The van der Waals surface area contributed by atoms with E-state index in [9.17, 15) is 14.7 Å². The number of nitrogens with two attached hydrogens (primary N) is 1. The standard InChI is InChI=1S/C31H29N3O4S/c32-13-4-5-14-34-26(20-7-2-1-3-8-20)16-21-11-12-22(17-27(21)34)30(37)28-18-24(19-29(36)33-38)31(39-28)23-9-6-10-25(35)15-23/h1-3,6-12,15-18,35,38H,4-5,13-14,19,32H2,(H,33,36). The van der Waals surface area contributed by atoms with Crippen LogP contribution >= 0.6 is 11.3 Å². The summed E-state index contributed by atoms with van der Waals surface area (Å²) in [4.78, 5) is 26.9. The van der Waals surface area contributed by atoms with Gasteiger partial charge in [-0.2, -0.15) is 0 Å². The molecule has 0 aliphatic heterocycles. The van der Waals surface area contributed by atoms with Crippen LogP contribution in [0.4, 0.5) is 0 Å². The van der Waals surface area contributed by atoms with Gasteiger partial charge in [0.1, 0.15) is 5.75 Å². The van der Waals surface area contributed by atoms with Gasteiger partial charge in [0.05, 0.1) is 11.3 Å². The van der Waals surface area contributed by atoms with Crippen molar-refractivity contribution in [3.8, 4) is 27.4 Å². The molecular weight excluding hydrogens is 510 g/mol. The fraction of sp³-hybridized carbons (Fsp3) is 0.161. The molecule has 0 atom stereocenters. The Morgan fingerprint density at radius 3 is 2.44 bits per heavy atom. The lowest BCUT2D eigenvalue weighted by Gasteiger charge is -2.11. The first-order valence-corrected chi connectivity index (χ1v) is 13.6. The number of hydroxylamine groups is 1. The summed E-state index contributed by atoms with van der Waals surface area (Å²) in [5, 5.41) is 20.1. The molecule has 0 spiro atoms. The minimum Gasteiger partial charge on any atom is -0.508 e. The zero-order valence-electron chi connectivity index (χ0n) is 21.3. The quantitative estimate of drug-likeness (QED) is 0.0779. The van der Waals surface area contributed by atoms with Crippen molar-refractivity contribution in [1.82, 2.24) is 10.0 Å². The molecule has 0 bridgehead atoms. The van der Waals surface area contributed by atoms with E-state index in [-0.39, 0.29) is 18.0 Å². The van der Waals surface area contributed by atoms with Crippen LogP contribution in [-0.2, 0) is 17.8 Å². The van der Waals surface area contributed by atoms with Gasteiger partial charge in [0.2, 0.25) is 11.7 Å². The van der Waals surface area contributed by atoms with Crippen LogP contribution in [0, 0.1) is 0 Å². The Kier molecular flexibility index (Phi) is 7.88. The first kappa shape index (κ1) is 26.4. The summed E-state index contributed by atoms with van der Waals surface area (Å²) in [5.74, 6) is -0.658. The van der Waals surface area contributed by atoms with E-state index in [4.69, 9.17) is 10.9 Å². The Hall–Kier alpha value is -4.24. The maximum atomic E-state index is 13.7. The topological polar surface area (TPSA) is 118 Å². The molecule has 1 amide bonds. The summed E-state index contributed by atoms with van der Waals surface area (Å²) in [7, 11) is 0. The van der Waals surface area contributed by atoms with E-state index in [0.717, 1.165) is 41.5 Å². The number of nitrogens with one attached hydrogen (secondary N) is 1. The van der Waals surface area contributed by atoms with Crippen molar-refractivity contribution in [2.24, 2.45) is 5.73 Å². The van der Waals surface area contributed by atoms with E-state index >= 15 is 0 Å². The normalized spacial score (nSPS) is 11.1. The lowest BCUT2D eigenvalue weighted by atomic mass is 10.0. The van der Waals surface area contributed by atoms with Crippen LogP contribution in [0.3, 0.4) is 0 Å². The highest BCUT2D eigenvalue weighted by atomic mass is 32.1. The average molecular weight is 540 g/mol. The molecule has 5 N–H and O–H groups in total. The molecule has 0 unspecified atom stereocenters. The Balaban J connectivity index is 1.56. The third-order valence-electron chi connectivity index (χ3n) is 6.69. The maximum Gasteiger partial charge on any atom is 0.247 e. The van der Waals surface area contributed by atoms with Gasteiger partial charge in [0.15, 0.2) is 0 Å². The average Bonchev–Trinajstić information content (AvgIpc) is 3.54. The maximum absolute atomic E-state index is 13.7. The van der Waals surface area contributed by atoms with E-state index in [0.29, 0.717) is 33.0 Å². The largest absolute Gasteiger partial charge is 0.508 e. The van der Waals surface area contributed by atoms with Gasteiger partial charge in [0.25, 0.3) is 0 Å². The van der Waals surface area contributed by atoms with E-state index in [1.807, 2.05) is 42.5 Å². The molecule has 0 fully saturated rings. The number of hydrogen-bond acceptors (Lipinski definition) is 6. The Morgan fingerprint density at radius 2 is 1.69 bits per heavy atom. The third-order valence-corrected chi connectivity index (χ3v) is 7.91. The number of unbranched alkanes of at least 4 members (excludes halogenated alkanes) is 1. The van der Waals surface area contributed by atoms with Gasteiger partial charge in [-0.3, -0.25) is 14.8 Å². The fourth-order valence-electron chi connectivity index (χ4n) is 4.82. The summed E-state index contributed by atoms with van der Waals surface area (Å²) >= 11 is 1.26. The van der Waals surface area contributed by atoms with Crippen LogP contribution in [0.1, 0.15) is 33.6 Å². The van der Waals surface area contributed by atoms with E-state index < -0.39 is 5.91 Å². The number of carbonyl (C=O) groups is 2. The van der Waals surface area contributed by atoms with Crippen LogP contribution < -0.4 is 11.2 Å². The van der Waals surface area contributed by atoms with Crippen LogP contribution in [0.5, 0.6) is 5.75 Å². The molecule has 5 aromatic rings. The summed E-state index contributed by atoms with van der Waals surface area (Å²) in [6.45, 7) is 1.41. The number of aromatic hydroxyl groups is 1. The van der Waals surface area contributed by atoms with Crippen molar-refractivity contribution in [3.05, 3.63) is 101 Å². The fourth-order valence-corrected chi connectivity index (χ4v) is 5.96. The number of phenolic OH excluding ortho intramolecular Hbond substituents is 1. The van der Waals surface area contributed by atoms with Crippen LogP contribution in [0.2, 0.25) is 0 Å². The van der Waals surface area contributed by atoms with Crippen molar-refractivity contribution in [2.45, 2.75) is 25.8 Å². The van der Waals surface area contributed by atoms with E-state index in [1.54, 1.807) is 29.7 Å². The van der Waals surface area contributed by atoms with Gasteiger partial charge >= 0.3 is 0 Å². The Morgan fingerprint density at radius 1 is 0.897 bits per heavy atom. The number of nitrogens with zero attached hydrogens (tertiary/aromatic N) is 1. The first-order valence-electron chi connectivity index (χ1n) is 12.8. The molecule has 0 aliphatic carbocycles. The highest BCUT2D eigenvalue weighted by molar-refractivity contribution is 7.17. The summed E-state index contributed by atoms with van der Waals surface area (Å²) in [6, 6.07) is 26.4. The number of benzene rings is 3. The number of aromatic nitrogens is 1. The zero-order chi connectivity index (χ0) is 27.4. The minimum absolute atomic E-state index is 0.0846. The van der Waals surface area contributed by atoms with Crippen molar-refractivity contribution in [3.63, 3.8) is 0 Å². The van der Waals surface area contributed by atoms with E-state index in [1.165, 1.54) is 11.3 Å². The van der Waals surface area contributed by atoms with Gasteiger partial charge in [-0.05, 0) is 66.4 Å². The number of aryl methyl sites for hydroxylation is 1. The Bertz CT molecular complexity index is 1640. The predicted molar refractivity (Wildman–Crippen MR) is 154 cm³/mol. The molecule has 2 heterocycles. The number of thiophene rings is 1. The first-order chi connectivity index (χ1) is 19.0. The highest BCUT2D eigenvalue weighted by Crippen LogP contribution is 2.36. The second-order valence-electron chi connectivity index (χ2n) is 9.37. The molecule has 0 radical (unpaired) electrons. The lowest BCUT2D eigenvalue weighted by Crippen LogP contribution is -2.20. The molecule has 7 nitrogen and oxygen atoms in total. The van der Waals surface area contributed by atoms with E-state index in [2.05, 4.69) is 22.8 Å². The van der Waals surface area contributed by atoms with Crippen molar-refractivity contribution >= 4 is 33.9 Å². The van der Waals surface area contributed by atoms with Crippen LogP contribution in [0.25, 0.3) is 32.6 Å². The smallest absolute Gasteiger partial charge is 0.247 e. The van der Waals surface area contributed by atoms with Gasteiger partial charge in [-0.15, -0.1) is 11.3 Å². The molecule has 0 saturated heterocycles. The van der Waals surface area contributed by atoms with Crippen molar-refractivity contribution < 1.29 is 19.9 Å². The number of carbonyl (C=O) groups excluding carboxylic acids is 2. The molecule has 3 aromatic carbocycles. The number of amides is 1. The number of ketones is 1. The molecule has 39 heavy (non-hydrogen) atoms. The molecule has 198 valence electrons. The zero-order valence-corrected chi connectivity index (χ0v) is 22.1. The second kappa shape index (κ2) is 11.7.